The van der Waals surface area contributed by atoms with Gasteiger partial charge in [-0.05, 0) is 41.8 Å². The number of carbonyl (C=O) groups is 1. The number of H-pyrrole nitrogens is 1. The van der Waals surface area contributed by atoms with Crippen LogP contribution in [0.4, 0.5) is 4.39 Å². The van der Waals surface area contributed by atoms with E-state index in [4.69, 9.17) is 23.2 Å². The highest BCUT2D eigenvalue weighted by molar-refractivity contribution is 6.42. The molecule has 1 aromatic carbocycles. The third-order valence-electron chi connectivity index (χ3n) is 6.44. The second-order valence-electron chi connectivity index (χ2n) is 8.89. The third-order valence-corrected chi connectivity index (χ3v) is 7.20. The van der Waals surface area contributed by atoms with Crippen LogP contribution >= 0.6 is 23.2 Å². The lowest BCUT2D eigenvalue weighted by Crippen LogP contribution is -2.35. The van der Waals surface area contributed by atoms with Gasteiger partial charge >= 0.3 is 0 Å². The Kier molecular flexibility index (Phi) is 7.09. The van der Waals surface area contributed by atoms with E-state index in [2.05, 4.69) is 14.9 Å². The maximum absolute atomic E-state index is 14.8. The molecule has 0 radical (unpaired) electrons. The summed E-state index contributed by atoms with van der Waals surface area (Å²) in [5.41, 5.74) is 2.53. The first-order valence-electron chi connectivity index (χ1n) is 11.7. The van der Waals surface area contributed by atoms with Crippen LogP contribution in [0.15, 0.2) is 59.8 Å². The normalized spacial score (nSPS) is 14.8. The molecule has 0 unspecified atom stereocenters. The number of benzene rings is 1. The highest BCUT2D eigenvalue weighted by atomic mass is 35.5. The maximum Gasteiger partial charge on any atom is 0.272 e. The van der Waals surface area contributed by atoms with Crippen LogP contribution in [0, 0.1) is 5.82 Å². The Balaban J connectivity index is 1.34. The van der Waals surface area contributed by atoms with Crippen molar-refractivity contribution in [2.45, 2.75) is 19.4 Å². The molecular formula is C26H24Cl2FN5O2. The van der Waals surface area contributed by atoms with Crippen LogP contribution in [0.3, 0.4) is 0 Å². The van der Waals surface area contributed by atoms with Gasteiger partial charge in [0, 0.05) is 63.4 Å². The molecule has 7 nitrogen and oxygen atoms in total. The molecule has 0 bridgehead atoms. The van der Waals surface area contributed by atoms with E-state index in [1.807, 2.05) is 18.3 Å². The Morgan fingerprint density at radius 2 is 1.94 bits per heavy atom. The van der Waals surface area contributed by atoms with Crippen molar-refractivity contribution in [3.05, 3.63) is 104 Å². The van der Waals surface area contributed by atoms with Gasteiger partial charge < -0.3 is 9.88 Å². The third kappa shape index (κ3) is 5.02. The zero-order chi connectivity index (χ0) is 25.2. The van der Waals surface area contributed by atoms with E-state index in [0.29, 0.717) is 42.8 Å². The average molecular weight is 528 g/mol. The molecule has 4 aromatic rings. The Morgan fingerprint density at radius 3 is 2.75 bits per heavy atom. The number of amides is 1. The Bertz CT molecular complexity index is 1470. The summed E-state index contributed by atoms with van der Waals surface area (Å²) in [6.45, 7) is 3.39. The fourth-order valence-corrected chi connectivity index (χ4v) is 5.07. The molecule has 0 spiro atoms. The van der Waals surface area contributed by atoms with Crippen molar-refractivity contribution in [3.8, 4) is 0 Å². The van der Waals surface area contributed by atoms with E-state index in [0.717, 1.165) is 25.1 Å². The fourth-order valence-electron chi connectivity index (χ4n) is 4.63. The van der Waals surface area contributed by atoms with Gasteiger partial charge in [0.25, 0.3) is 11.5 Å². The second kappa shape index (κ2) is 10.4. The van der Waals surface area contributed by atoms with Crippen molar-refractivity contribution in [2.24, 2.45) is 0 Å². The average Bonchev–Trinajstić information content (AvgIpc) is 3.04. The number of fused-ring (bicyclic) bond motifs is 1. The van der Waals surface area contributed by atoms with Gasteiger partial charge in [-0.15, -0.1) is 0 Å². The van der Waals surface area contributed by atoms with Crippen LogP contribution in [0.2, 0.25) is 10.2 Å². The molecule has 1 fully saturated rings. The van der Waals surface area contributed by atoms with Gasteiger partial charge in [-0.3, -0.25) is 23.9 Å². The molecule has 0 atom stereocenters. The van der Waals surface area contributed by atoms with E-state index in [1.54, 1.807) is 33.8 Å². The number of aromatic amines is 1. The Morgan fingerprint density at radius 1 is 1.08 bits per heavy atom. The van der Waals surface area contributed by atoms with Gasteiger partial charge in [-0.2, -0.15) is 0 Å². The maximum atomic E-state index is 14.8. The summed E-state index contributed by atoms with van der Waals surface area (Å²) < 4.78 is 16.4. The van der Waals surface area contributed by atoms with Gasteiger partial charge in [0.05, 0.1) is 10.6 Å². The molecule has 186 valence electrons. The molecule has 1 aliphatic heterocycles. The van der Waals surface area contributed by atoms with E-state index in [1.165, 1.54) is 12.1 Å². The molecular weight excluding hydrogens is 504 g/mol. The van der Waals surface area contributed by atoms with E-state index in [-0.39, 0.29) is 27.2 Å². The molecule has 1 N–H and O–H groups in total. The first-order chi connectivity index (χ1) is 17.4. The number of hydrogen-bond acceptors (Lipinski definition) is 4. The highest BCUT2D eigenvalue weighted by Crippen LogP contribution is 2.27. The minimum atomic E-state index is -0.561. The van der Waals surface area contributed by atoms with Gasteiger partial charge in [-0.1, -0.05) is 35.3 Å². The van der Waals surface area contributed by atoms with Crippen molar-refractivity contribution in [2.75, 3.05) is 26.2 Å². The van der Waals surface area contributed by atoms with Crippen LogP contribution in [-0.4, -0.2) is 56.3 Å². The van der Waals surface area contributed by atoms with Crippen molar-refractivity contribution in [1.29, 1.82) is 0 Å². The lowest BCUT2D eigenvalue weighted by atomic mass is 10.0. The smallest absolute Gasteiger partial charge is 0.272 e. The summed E-state index contributed by atoms with van der Waals surface area (Å²) in [7, 11) is 0. The summed E-state index contributed by atoms with van der Waals surface area (Å²) in [5, 5.41) is 0.495. The molecule has 5 rings (SSSR count). The number of carbonyl (C=O) groups excluding carboxylic acids is 1. The number of halogens is 3. The molecule has 0 aliphatic carbocycles. The van der Waals surface area contributed by atoms with Crippen LogP contribution in [0.1, 0.15) is 33.6 Å². The molecule has 1 amide bonds. The molecule has 3 aromatic heterocycles. The van der Waals surface area contributed by atoms with Gasteiger partial charge in [0.15, 0.2) is 0 Å². The van der Waals surface area contributed by atoms with Gasteiger partial charge in [0.1, 0.15) is 16.5 Å². The SMILES string of the molecule is O=C(c1cc(Cc2c[nH]c(=O)c3cc(Cl)c(Cl)n23)ccc1F)N1CCCN(Cc2cccnc2)CC1. The largest absolute Gasteiger partial charge is 0.337 e. The number of hydrogen-bond donors (Lipinski definition) is 1. The quantitative estimate of drug-likeness (QED) is 0.417. The molecule has 1 aliphatic rings. The number of aromatic nitrogens is 3. The van der Waals surface area contributed by atoms with Crippen LogP contribution in [0.25, 0.3) is 5.52 Å². The molecule has 0 saturated carbocycles. The second-order valence-corrected chi connectivity index (χ2v) is 9.65. The van der Waals surface area contributed by atoms with Gasteiger partial charge in [-0.25, -0.2) is 4.39 Å². The van der Waals surface area contributed by atoms with Crippen molar-refractivity contribution >= 4 is 34.6 Å². The minimum Gasteiger partial charge on any atom is -0.337 e. The van der Waals surface area contributed by atoms with Crippen molar-refractivity contribution in [1.82, 2.24) is 24.2 Å². The monoisotopic (exact) mass is 527 g/mol. The number of nitrogens with one attached hydrogen (secondary N) is 1. The van der Waals surface area contributed by atoms with Crippen LogP contribution < -0.4 is 5.56 Å². The van der Waals surface area contributed by atoms with Crippen LogP contribution in [-0.2, 0) is 13.0 Å². The lowest BCUT2D eigenvalue weighted by Gasteiger charge is -2.22. The zero-order valence-electron chi connectivity index (χ0n) is 19.4. The molecule has 36 heavy (non-hydrogen) atoms. The topological polar surface area (TPSA) is 73.7 Å². The number of rotatable bonds is 5. The number of pyridine rings is 1. The lowest BCUT2D eigenvalue weighted by molar-refractivity contribution is 0.0756. The summed E-state index contributed by atoms with van der Waals surface area (Å²) in [5.74, 6) is -0.889. The standard InChI is InChI=1S/C26H24Cl2FN5O2/c27-21-13-23-25(35)31-15-19(34(23)24(21)28)11-17-4-5-22(29)20(12-17)26(36)33-8-2-7-32(9-10-33)16-18-3-1-6-30-14-18/h1,3-6,12-15H,2,7-11,16H2,(H,31,35). The van der Waals surface area contributed by atoms with Crippen LogP contribution in [0.5, 0.6) is 0 Å². The van der Waals surface area contributed by atoms with Gasteiger partial charge in [0.2, 0.25) is 0 Å². The zero-order valence-corrected chi connectivity index (χ0v) is 20.9. The summed E-state index contributed by atoms with van der Waals surface area (Å²) in [6, 6.07) is 9.96. The Labute approximate surface area is 217 Å². The first-order valence-corrected chi connectivity index (χ1v) is 12.4. The predicted molar refractivity (Wildman–Crippen MR) is 137 cm³/mol. The fraction of sp³-hybridized carbons (Fsp3) is 0.269. The summed E-state index contributed by atoms with van der Waals surface area (Å²) in [6.07, 6.45) is 6.26. The van der Waals surface area contributed by atoms with Crippen molar-refractivity contribution < 1.29 is 9.18 Å². The first kappa shape index (κ1) is 24.5. The molecule has 10 heteroatoms. The van der Waals surface area contributed by atoms with E-state index < -0.39 is 5.82 Å². The Hall–Kier alpha value is -3.20. The minimum absolute atomic E-state index is 0.0329. The van der Waals surface area contributed by atoms with E-state index in [9.17, 15) is 14.0 Å². The van der Waals surface area contributed by atoms with E-state index >= 15 is 0 Å². The summed E-state index contributed by atoms with van der Waals surface area (Å²) >= 11 is 12.5. The predicted octanol–water partition coefficient (Wildman–Crippen LogP) is 4.41. The highest BCUT2D eigenvalue weighted by Gasteiger charge is 2.23. The molecule has 4 heterocycles. The summed E-state index contributed by atoms with van der Waals surface area (Å²) in [4.78, 5) is 36.3. The van der Waals surface area contributed by atoms with Crippen molar-refractivity contribution in [3.63, 3.8) is 0 Å². The molecule has 1 saturated heterocycles. The number of nitrogens with zero attached hydrogens (tertiary/aromatic N) is 4.